The van der Waals surface area contributed by atoms with Crippen LogP contribution in [0.4, 0.5) is 5.69 Å². The number of carbonyl (C=O) groups is 2. The van der Waals surface area contributed by atoms with E-state index in [4.69, 9.17) is 14.2 Å². The number of hydrogen-bond donors (Lipinski definition) is 0. The fraction of sp³-hybridized carbons (Fsp3) is 0.265. The lowest BCUT2D eigenvalue weighted by atomic mass is 9.67. The van der Waals surface area contributed by atoms with Crippen LogP contribution in [0, 0.1) is 23.2 Å². The molecule has 3 saturated heterocycles. The van der Waals surface area contributed by atoms with Crippen molar-refractivity contribution in [3.63, 3.8) is 0 Å². The second kappa shape index (κ2) is 9.46. The largest absolute Gasteiger partial charge is 0.493 e. The van der Waals surface area contributed by atoms with Crippen LogP contribution in [-0.4, -0.2) is 29.6 Å². The number of nitrogens with zero attached hydrogens (tertiary/aromatic N) is 2. The minimum Gasteiger partial charge on any atom is -0.493 e. The fourth-order valence-corrected chi connectivity index (χ4v) is 7.02. The van der Waals surface area contributed by atoms with Gasteiger partial charge in [0.15, 0.2) is 0 Å². The summed E-state index contributed by atoms with van der Waals surface area (Å²) >= 11 is 0. The molecule has 3 heterocycles. The maximum Gasteiger partial charge on any atom is 0.240 e. The second-order valence-electron chi connectivity index (χ2n) is 11.2. The van der Waals surface area contributed by atoms with E-state index in [1.807, 2.05) is 85.8 Å². The second-order valence-corrected chi connectivity index (χ2v) is 11.2. The van der Waals surface area contributed by atoms with Crippen molar-refractivity contribution in [2.75, 3.05) is 11.5 Å². The van der Waals surface area contributed by atoms with Gasteiger partial charge in [-0.15, -0.1) is 0 Å². The summed E-state index contributed by atoms with van der Waals surface area (Å²) in [5.74, 6) is 0.453. The van der Waals surface area contributed by atoms with Crippen molar-refractivity contribution in [2.45, 2.75) is 37.4 Å². The Hall–Kier alpha value is -4.67. The number of anilines is 1. The Bertz CT molecular complexity index is 1730. The third-order valence-corrected chi connectivity index (χ3v) is 8.85. The van der Waals surface area contributed by atoms with Gasteiger partial charge in [-0.3, -0.25) is 9.59 Å². The molecule has 7 rings (SSSR count). The number of nitriles is 1. The number of fused-ring (bicyclic) bond motifs is 6. The summed E-state index contributed by atoms with van der Waals surface area (Å²) in [4.78, 5) is 29.4. The van der Waals surface area contributed by atoms with E-state index < -0.39 is 23.0 Å². The first-order chi connectivity index (χ1) is 19.9. The molecule has 0 aliphatic carbocycles. The summed E-state index contributed by atoms with van der Waals surface area (Å²) < 4.78 is 18.6. The smallest absolute Gasteiger partial charge is 0.240 e. The van der Waals surface area contributed by atoms with Crippen molar-refractivity contribution < 1.29 is 23.8 Å². The van der Waals surface area contributed by atoms with Crippen molar-refractivity contribution >= 4 is 28.3 Å². The van der Waals surface area contributed by atoms with E-state index in [1.54, 1.807) is 12.1 Å². The summed E-state index contributed by atoms with van der Waals surface area (Å²) in [7, 11) is 0. The number of rotatable bonds is 7. The molecule has 7 nitrogen and oxygen atoms in total. The molecule has 3 aliphatic rings. The van der Waals surface area contributed by atoms with E-state index in [2.05, 4.69) is 6.07 Å². The Kier molecular flexibility index (Phi) is 5.84. The SMILES string of the molecule is C[C@@]12CC[C@@](CCOc3cccc(Oc4ccccc4)c3)(O1)[C@H]1C(=O)N(c3ccc(C#N)c4ccccc34)C(=O)[C@H]12. The molecule has 2 bridgehead atoms. The molecule has 0 unspecified atom stereocenters. The van der Waals surface area contributed by atoms with Gasteiger partial charge < -0.3 is 14.2 Å². The van der Waals surface area contributed by atoms with E-state index in [9.17, 15) is 14.9 Å². The van der Waals surface area contributed by atoms with Crippen LogP contribution in [0.3, 0.4) is 0 Å². The van der Waals surface area contributed by atoms with Crippen LogP contribution < -0.4 is 14.4 Å². The number of imide groups is 1. The minimum atomic E-state index is -0.776. The average Bonchev–Trinajstić information content (AvgIpc) is 3.57. The quantitative estimate of drug-likeness (QED) is 0.250. The number of hydrogen-bond acceptors (Lipinski definition) is 6. The molecular weight excluding hydrogens is 516 g/mol. The third-order valence-electron chi connectivity index (χ3n) is 8.85. The number of amides is 2. The molecule has 7 heteroatoms. The molecule has 4 aromatic rings. The molecule has 0 N–H and O–H groups in total. The molecule has 0 aromatic heterocycles. The Balaban J connectivity index is 1.13. The van der Waals surface area contributed by atoms with Gasteiger partial charge in [0.05, 0.1) is 47.0 Å². The lowest BCUT2D eigenvalue weighted by Crippen LogP contribution is -2.43. The Labute approximate surface area is 237 Å². The molecule has 204 valence electrons. The van der Waals surface area contributed by atoms with Gasteiger partial charge in [-0.1, -0.05) is 48.5 Å². The van der Waals surface area contributed by atoms with Crippen LogP contribution in [0.2, 0.25) is 0 Å². The summed E-state index contributed by atoms with van der Waals surface area (Å²) in [5, 5.41) is 11.0. The molecule has 3 fully saturated rings. The normalized spacial score (nSPS) is 26.3. The van der Waals surface area contributed by atoms with Crippen LogP contribution in [0.15, 0.2) is 91.0 Å². The van der Waals surface area contributed by atoms with Crippen LogP contribution in [0.1, 0.15) is 31.7 Å². The van der Waals surface area contributed by atoms with Gasteiger partial charge in [0.1, 0.15) is 17.2 Å². The van der Waals surface area contributed by atoms with Gasteiger partial charge in [-0.05, 0) is 56.2 Å². The summed E-state index contributed by atoms with van der Waals surface area (Å²) in [6.45, 7) is 2.28. The van der Waals surface area contributed by atoms with E-state index in [0.29, 0.717) is 54.0 Å². The lowest BCUT2D eigenvalue weighted by Gasteiger charge is -2.31. The zero-order chi connectivity index (χ0) is 28.2. The molecule has 3 aliphatic heterocycles. The monoisotopic (exact) mass is 544 g/mol. The zero-order valence-corrected chi connectivity index (χ0v) is 22.6. The van der Waals surface area contributed by atoms with Gasteiger partial charge in [-0.2, -0.15) is 5.26 Å². The first-order valence-electron chi connectivity index (χ1n) is 13.9. The van der Waals surface area contributed by atoms with Gasteiger partial charge in [0, 0.05) is 23.3 Å². The van der Waals surface area contributed by atoms with Crippen LogP contribution in [-0.2, 0) is 14.3 Å². The highest BCUT2D eigenvalue weighted by Crippen LogP contribution is 2.62. The predicted molar refractivity (Wildman–Crippen MR) is 153 cm³/mol. The Morgan fingerprint density at radius 1 is 0.854 bits per heavy atom. The standard InChI is InChI=1S/C34H28N2O5/c1-33-16-17-34(41-33,18-19-39-24-10-7-11-25(20-24)40-23-8-3-2-4-9-23)30-29(33)31(37)36(32(30)38)28-15-14-22(21-35)26-12-5-6-13-27(26)28/h2-15,20,29-30H,16-19H2,1H3/t29-,30+,33-,34-/m0/s1. The highest BCUT2D eigenvalue weighted by atomic mass is 16.5. The summed E-state index contributed by atoms with van der Waals surface area (Å²) in [6, 6.07) is 30.0. The summed E-state index contributed by atoms with van der Waals surface area (Å²) in [5.41, 5.74) is -0.459. The molecule has 4 aromatic carbocycles. The topological polar surface area (TPSA) is 88.9 Å². The average molecular weight is 545 g/mol. The van der Waals surface area contributed by atoms with Crippen molar-refractivity contribution in [1.82, 2.24) is 0 Å². The third kappa shape index (κ3) is 3.98. The van der Waals surface area contributed by atoms with Crippen molar-refractivity contribution in [2.24, 2.45) is 11.8 Å². The predicted octanol–water partition coefficient (Wildman–Crippen LogP) is 6.40. The van der Waals surface area contributed by atoms with Crippen molar-refractivity contribution in [3.05, 3.63) is 96.6 Å². The molecule has 0 saturated carbocycles. The van der Waals surface area contributed by atoms with Crippen molar-refractivity contribution in [1.29, 1.82) is 5.26 Å². The van der Waals surface area contributed by atoms with Gasteiger partial charge in [-0.25, -0.2) is 4.90 Å². The highest BCUT2D eigenvalue weighted by Gasteiger charge is 2.73. The van der Waals surface area contributed by atoms with E-state index in [1.165, 1.54) is 4.90 Å². The van der Waals surface area contributed by atoms with Gasteiger partial charge in [0.2, 0.25) is 11.8 Å². The van der Waals surface area contributed by atoms with Crippen LogP contribution >= 0.6 is 0 Å². The maximum absolute atomic E-state index is 14.1. The Morgan fingerprint density at radius 3 is 2.37 bits per heavy atom. The number of carbonyl (C=O) groups excluding carboxylic acids is 2. The number of benzene rings is 4. The lowest BCUT2D eigenvalue weighted by molar-refractivity contribution is -0.131. The highest BCUT2D eigenvalue weighted by molar-refractivity contribution is 6.26. The fourth-order valence-electron chi connectivity index (χ4n) is 7.02. The van der Waals surface area contributed by atoms with Gasteiger partial charge >= 0.3 is 0 Å². The minimum absolute atomic E-state index is 0.231. The number of ether oxygens (including phenoxy) is 3. The van der Waals surface area contributed by atoms with E-state index >= 15 is 0 Å². The van der Waals surface area contributed by atoms with E-state index in [-0.39, 0.29) is 11.8 Å². The first kappa shape index (κ1) is 25.3. The van der Waals surface area contributed by atoms with E-state index in [0.717, 1.165) is 11.1 Å². The molecular formula is C34H28N2O5. The first-order valence-corrected chi connectivity index (χ1v) is 13.9. The molecule has 2 amide bonds. The van der Waals surface area contributed by atoms with Gasteiger partial charge in [0.25, 0.3) is 0 Å². The number of para-hydroxylation sites is 1. The molecule has 41 heavy (non-hydrogen) atoms. The van der Waals surface area contributed by atoms with Crippen molar-refractivity contribution in [3.8, 4) is 23.3 Å². The maximum atomic E-state index is 14.1. The van der Waals surface area contributed by atoms with Crippen LogP contribution in [0.25, 0.3) is 10.8 Å². The van der Waals surface area contributed by atoms with Crippen LogP contribution in [0.5, 0.6) is 17.2 Å². The zero-order valence-electron chi connectivity index (χ0n) is 22.6. The molecule has 0 spiro atoms. The Morgan fingerprint density at radius 2 is 1.56 bits per heavy atom. The molecule has 0 radical (unpaired) electrons. The summed E-state index contributed by atoms with van der Waals surface area (Å²) in [6.07, 6.45) is 1.87. The molecule has 4 atom stereocenters.